The maximum atomic E-state index is 14.1. The van der Waals surface area contributed by atoms with E-state index < -0.39 is 23.8 Å². The first-order chi connectivity index (χ1) is 35.0. The second kappa shape index (κ2) is 22.0. The lowest BCUT2D eigenvalue weighted by atomic mass is 9.65. The number of anilines is 3. The summed E-state index contributed by atoms with van der Waals surface area (Å²) in [6.07, 6.45) is 5.28. The number of nitrogens with two attached hydrogens (primary N) is 1. The van der Waals surface area contributed by atoms with Crippen molar-refractivity contribution in [3.63, 3.8) is 0 Å². The number of alkyl halides is 3. The molecule has 5 aliphatic rings. The van der Waals surface area contributed by atoms with Gasteiger partial charge in [-0.3, -0.25) is 29.5 Å². The topological polar surface area (TPSA) is 176 Å². The number of fused-ring (bicyclic) bond motifs is 1. The van der Waals surface area contributed by atoms with Gasteiger partial charge in [0.15, 0.2) is 0 Å². The maximum absolute atomic E-state index is 14.1. The molecule has 1 spiro atoms. The molecule has 4 N–H and O–H groups in total. The van der Waals surface area contributed by atoms with Crippen molar-refractivity contribution >= 4 is 63.4 Å². The highest BCUT2D eigenvalue weighted by atomic mass is 35.5. The van der Waals surface area contributed by atoms with Crippen molar-refractivity contribution in [3.05, 3.63) is 81.6 Å². The molecule has 3 aromatic carbocycles. The van der Waals surface area contributed by atoms with Crippen LogP contribution in [0.25, 0.3) is 10.9 Å². The second-order valence-electron chi connectivity index (χ2n) is 21.0. The molecule has 19 heteroatoms. The van der Waals surface area contributed by atoms with E-state index >= 15 is 0 Å². The zero-order valence-electron chi connectivity index (χ0n) is 42.0. The van der Waals surface area contributed by atoms with Crippen molar-refractivity contribution in [3.8, 4) is 5.75 Å². The molecule has 0 unspecified atom stereocenters. The van der Waals surface area contributed by atoms with Gasteiger partial charge in [-0.05, 0) is 149 Å². The lowest BCUT2D eigenvalue weighted by Crippen LogP contribution is -2.52. The van der Waals surface area contributed by atoms with E-state index in [0.717, 1.165) is 120 Å². The molecule has 2 saturated carbocycles. The van der Waals surface area contributed by atoms with E-state index in [0.29, 0.717) is 77.0 Å². The third kappa shape index (κ3) is 12.0. The summed E-state index contributed by atoms with van der Waals surface area (Å²) < 4.78 is 52.7. The Kier molecular flexibility index (Phi) is 15.7. The van der Waals surface area contributed by atoms with E-state index in [1.54, 1.807) is 39.2 Å². The van der Waals surface area contributed by atoms with Crippen LogP contribution in [-0.4, -0.2) is 121 Å². The van der Waals surface area contributed by atoms with Gasteiger partial charge < -0.3 is 30.3 Å². The van der Waals surface area contributed by atoms with Crippen molar-refractivity contribution in [2.24, 2.45) is 17.3 Å². The zero-order chi connectivity index (χ0) is 51.6. The number of nitrogens with zero attached hydrogens (tertiary/aromatic N) is 6. The van der Waals surface area contributed by atoms with E-state index in [1.807, 2.05) is 17.0 Å². The number of nitrogen functional groups attached to an aromatic ring is 1. The number of urea groups is 1. The van der Waals surface area contributed by atoms with Gasteiger partial charge in [0.05, 0.1) is 34.4 Å². The van der Waals surface area contributed by atoms with Crippen LogP contribution in [0.3, 0.4) is 0 Å². The average Bonchev–Trinajstić information content (AvgIpc) is 3.37. The van der Waals surface area contributed by atoms with Gasteiger partial charge in [0.2, 0.25) is 11.8 Å². The van der Waals surface area contributed by atoms with Gasteiger partial charge in [-0.2, -0.15) is 13.2 Å². The Balaban J connectivity index is 0.753. The van der Waals surface area contributed by atoms with E-state index in [2.05, 4.69) is 20.4 Å². The number of imide groups is 1. The number of carbonyl (C=O) groups excluding carboxylic acids is 4. The average molecular weight is 1030 g/mol. The smallest absolute Gasteiger partial charge is 0.416 e. The number of nitrogens with one attached hydrogen (secondary N) is 2. The fourth-order valence-electron chi connectivity index (χ4n) is 11.9. The van der Waals surface area contributed by atoms with E-state index in [-0.39, 0.29) is 53.6 Å². The molecule has 3 aliphatic heterocycles. The first kappa shape index (κ1) is 52.2. The molecule has 1 atom stereocenters. The molecule has 9 rings (SSSR count). The Morgan fingerprint density at radius 1 is 0.890 bits per heavy atom. The summed E-state index contributed by atoms with van der Waals surface area (Å²) in [6, 6.07) is 11.4. The number of ether oxygens (including phenoxy) is 2. The summed E-state index contributed by atoms with van der Waals surface area (Å²) in [6.45, 7) is 10.1. The van der Waals surface area contributed by atoms with Crippen LogP contribution in [-0.2, 0) is 20.5 Å². The highest BCUT2D eigenvalue weighted by Crippen LogP contribution is 2.47. The van der Waals surface area contributed by atoms with Crippen LogP contribution < -0.4 is 26.0 Å². The molecule has 5 fully saturated rings. The molecule has 15 nitrogen and oxygen atoms in total. The molecule has 0 bridgehead atoms. The van der Waals surface area contributed by atoms with Gasteiger partial charge in [0.25, 0.3) is 5.91 Å². The molecule has 2 aliphatic carbocycles. The summed E-state index contributed by atoms with van der Waals surface area (Å²) in [4.78, 5) is 69.3. The Bertz CT molecular complexity index is 2690. The fourth-order valence-corrected chi connectivity index (χ4v) is 12.1. The summed E-state index contributed by atoms with van der Waals surface area (Å²) in [7, 11) is 1.62. The summed E-state index contributed by atoms with van der Waals surface area (Å²) in [5, 5.41) is 6.74. The van der Waals surface area contributed by atoms with E-state index in [4.69, 9.17) is 36.8 Å². The van der Waals surface area contributed by atoms with Crippen molar-refractivity contribution in [1.29, 1.82) is 0 Å². The molecule has 4 heterocycles. The van der Waals surface area contributed by atoms with Crippen molar-refractivity contribution in [2.45, 2.75) is 103 Å². The first-order valence-corrected chi connectivity index (χ1v) is 26.2. The zero-order valence-corrected chi connectivity index (χ0v) is 42.8. The number of amides is 5. The number of piperazine rings is 1. The minimum absolute atomic E-state index is 0.0255. The van der Waals surface area contributed by atoms with Crippen molar-refractivity contribution in [2.75, 3.05) is 88.6 Å². The number of likely N-dealkylation sites (tertiary alicyclic amines) is 1. The fraction of sp³-hybridized carbons (Fsp3) is 0.556. The molecule has 392 valence electrons. The van der Waals surface area contributed by atoms with Crippen LogP contribution in [0.5, 0.6) is 5.75 Å². The third-order valence-corrected chi connectivity index (χ3v) is 16.5. The third-order valence-electron chi connectivity index (χ3n) is 16.2. The summed E-state index contributed by atoms with van der Waals surface area (Å²) in [5.74, 6) is 2.18. The molecule has 0 radical (unpaired) electrons. The molecule has 5 amide bonds. The second-order valence-corrected chi connectivity index (χ2v) is 21.4. The SMILES string of the molecule is COCCOc1cc2nc(C)nc(N[C@H](C)c3cc(N)cc(C(F)(F)F)c3)c2cc1C1CCC(C(=O)N2CCN(CC3CCC4(CC3)CCN(C(=O)c3ccc(Cl)c(N5CCC(=O)NC5=O)c3)CC4)CC2)CC1. The quantitative estimate of drug-likeness (QED) is 0.0860. The molecule has 73 heavy (non-hydrogen) atoms. The lowest BCUT2D eigenvalue weighted by Gasteiger charge is -2.47. The summed E-state index contributed by atoms with van der Waals surface area (Å²) in [5.41, 5.74) is 8.29. The normalized spacial score (nSPS) is 21.6. The predicted molar refractivity (Wildman–Crippen MR) is 274 cm³/mol. The van der Waals surface area contributed by atoms with Gasteiger partial charge in [0.1, 0.15) is 24.0 Å². The largest absolute Gasteiger partial charge is 0.491 e. The molecular formula is C54H67ClF3N9O6. The van der Waals surface area contributed by atoms with Crippen LogP contribution in [0, 0.1) is 24.2 Å². The number of benzene rings is 3. The van der Waals surface area contributed by atoms with Crippen LogP contribution in [0.4, 0.5) is 35.2 Å². The number of halogens is 4. The van der Waals surface area contributed by atoms with E-state index in [9.17, 15) is 32.3 Å². The standard InChI is InChI=1S/C54H67ClF3N9O6/c1-33(39-26-40(54(56,57)58)29-41(59)27-39)60-49-43-30-42(47(73-25-24-72-3)31-45(43)61-34(2)62-49)36-4-6-37(7-5-36)50(69)66-22-20-64(21-23-66)32-35-10-13-53(14-11-35)15-18-65(19-16-53)51(70)38-8-9-44(55)46(28-38)67-17-12-48(68)63-52(67)71/h8-9,26-31,33,35-37H,4-7,10-25,32,59H2,1-3H3,(H,60,61,62)(H,63,68,71)/t33-,36?,37?/m1/s1. The highest BCUT2D eigenvalue weighted by molar-refractivity contribution is 6.34. The number of rotatable bonds is 13. The minimum atomic E-state index is -4.54. The number of aromatic nitrogens is 2. The Morgan fingerprint density at radius 3 is 2.30 bits per heavy atom. The minimum Gasteiger partial charge on any atom is -0.491 e. The van der Waals surface area contributed by atoms with Gasteiger partial charge in [-0.1, -0.05) is 11.6 Å². The van der Waals surface area contributed by atoms with E-state index in [1.165, 1.54) is 11.0 Å². The molecule has 3 saturated heterocycles. The predicted octanol–water partition coefficient (Wildman–Crippen LogP) is 9.37. The Labute approximate surface area is 429 Å². The van der Waals surface area contributed by atoms with Crippen LogP contribution >= 0.6 is 11.6 Å². The number of piperidine rings is 1. The Hall–Kier alpha value is -5.72. The van der Waals surface area contributed by atoms with Gasteiger partial charge >= 0.3 is 12.2 Å². The van der Waals surface area contributed by atoms with Crippen LogP contribution in [0.15, 0.2) is 48.5 Å². The van der Waals surface area contributed by atoms with Crippen molar-refractivity contribution < 1.29 is 41.8 Å². The number of hydrogen-bond donors (Lipinski definition) is 3. The molecule has 1 aromatic heterocycles. The molecular weight excluding hydrogens is 963 g/mol. The highest BCUT2D eigenvalue weighted by Gasteiger charge is 2.41. The van der Waals surface area contributed by atoms with Crippen LogP contribution in [0.1, 0.15) is 122 Å². The van der Waals surface area contributed by atoms with Crippen molar-refractivity contribution in [1.82, 2.24) is 30.0 Å². The number of carbonyl (C=O) groups is 4. The van der Waals surface area contributed by atoms with Crippen LogP contribution in [0.2, 0.25) is 5.02 Å². The van der Waals surface area contributed by atoms with Gasteiger partial charge in [-0.15, -0.1) is 0 Å². The lowest BCUT2D eigenvalue weighted by molar-refractivity contribution is -0.139. The number of aryl methyl sites for hydroxylation is 1. The number of hydrogen-bond acceptors (Lipinski definition) is 11. The summed E-state index contributed by atoms with van der Waals surface area (Å²) >= 11 is 6.45. The number of methoxy groups -OCH3 is 1. The Morgan fingerprint density at radius 2 is 1.62 bits per heavy atom. The monoisotopic (exact) mass is 1030 g/mol. The molecule has 4 aromatic rings. The van der Waals surface area contributed by atoms with Gasteiger partial charge in [-0.25, -0.2) is 14.8 Å². The first-order valence-electron chi connectivity index (χ1n) is 25.9. The van der Waals surface area contributed by atoms with Gasteiger partial charge in [0, 0.05) is 94.5 Å². The maximum Gasteiger partial charge on any atom is 0.416 e.